The Morgan fingerprint density at radius 2 is 2.00 bits per heavy atom. The molecule has 146 valence electrons. The van der Waals surface area contributed by atoms with Crippen LogP contribution in [0.3, 0.4) is 0 Å². The molecule has 0 saturated carbocycles. The van der Waals surface area contributed by atoms with Gasteiger partial charge in [-0.15, -0.1) is 11.3 Å². The number of benzene rings is 1. The summed E-state index contributed by atoms with van der Waals surface area (Å²) in [4.78, 5) is 34.6. The van der Waals surface area contributed by atoms with E-state index in [1.165, 1.54) is 28.6 Å². The molecular weight excluding hydrogens is 392 g/mol. The number of Topliss-reactive ketones (excluding diaryl/α,β-unsaturated/α-hetero) is 1. The van der Waals surface area contributed by atoms with Crippen molar-refractivity contribution in [1.82, 2.24) is 9.97 Å². The highest BCUT2D eigenvalue weighted by atomic mass is 32.2. The summed E-state index contributed by atoms with van der Waals surface area (Å²) in [6.07, 6.45) is 4.39. The van der Waals surface area contributed by atoms with Crippen LogP contribution in [0.15, 0.2) is 34.2 Å². The highest BCUT2D eigenvalue weighted by molar-refractivity contribution is 7.99. The second-order valence-corrected chi connectivity index (χ2v) is 9.21. The smallest absolute Gasteiger partial charge is 0.260 e. The van der Waals surface area contributed by atoms with E-state index in [2.05, 4.69) is 9.97 Å². The fraction of sp³-hybridized carbons (Fsp3) is 0.381. The van der Waals surface area contributed by atoms with Crippen molar-refractivity contribution in [3.05, 3.63) is 50.6 Å². The molecular formula is C21H22N2O3S2. The SMILES string of the molecule is CC(C)Oc1ccc(C(=O)CSc2nc3sc4c(c3c(=O)[nH]2)CCCC4)cc1. The number of aryl methyl sites for hydroxylation is 2. The molecule has 4 rings (SSSR count). The van der Waals surface area contributed by atoms with Gasteiger partial charge in [-0.2, -0.15) is 0 Å². The van der Waals surface area contributed by atoms with E-state index in [1.807, 2.05) is 13.8 Å². The first-order valence-corrected chi connectivity index (χ1v) is 11.3. The van der Waals surface area contributed by atoms with Crippen LogP contribution in [0.5, 0.6) is 5.75 Å². The van der Waals surface area contributed by atoms with Crippen molar-refractivity contribution >= 4 is 39.1 Å². The lowest BCUT2D eigenvalue weighted by atomic mass is 9.97. The molecule has 0 bridgehead atoms. The molecule has 0 amide bonds. The maximum Gasteiger partial charge on any atom is 0.260 e. The summed E-state index contributed by atoms with van der Waals surface area (Å²) in [5, 5.41) is 1.25. The first-order chi connectivity index (χ1) is 13.5. The number of thiophene rings is 1. The van der Waals surface area contributed by atoms with Gasteiger partial charge < -0.3 is 9.72 Å². The monoisotopic (exact) mass is 414 g/mol. The van der Waals surface area contributed by atoms with Crippen LogP contribution in [0.25, 0.3) is 10.2 Å². The number of hydrogen-bond donors (Lipinski definition) is 1. The van der Waals surface area contributed by atoms with Crippen molar-refractivity contribution in [2.75, 3.05) is 5.75 Å². The lowest BCUT2D eigenvalue weighted by Crippen LogP contribution is -2.12. The minimum Gasteiger partial charge on any atom is -0.491 e. The summed E-state index contributed by atoms with van der Waals surface area (Å²) >= 11 is 2.89. The summed E-state index contributed by atoms with van der Waals surface area (Å²) in [5.41, 5.74) is 1.71. The predicted molar refractivity (Wildman–Crippen MR) is 114 cm³/mol. The average molecular weight is 415 g/mol. The summed E-state index contributed by atoms with van der Waals surface area (Å²) < 4.78 is 5.60. The Hall–Kier alpha value is -2.12. The molecule has 0 radical (unpaired) electrons. The maximum atomic E-state index is 12.6. The van der Waals surface area contributed by atoms with E-state index in [4.69, 9.17) is 4.74 Å². The van der Waals surface area contributed by atoms with Gasteiger partial charge in [0, 0.05) is 10.4 Å². The Kier molecular flexibility index (Phi) is 5.55. The van der Waals surface area contributed by atoms with Crippen LogP contribution in [0.2, 0.25) is 0 Å². The Labute approximate surface area is 171 Å². The van der Waals surface area contributed by atoms with Gasteiger partial charge in [-0.3, -0.25) is 9.59 Å². The van der Waals surface area contributed by atoms with Gasteiger partial charge >= 0.3 is 0 Å². The molecule has 0 spiro atoms. The number of hydrogen-bond acceptors (Lipinski definition) is 6. The Bertz CT molecular complexity index is 1070. The van der Waals surface area contributed by atoms with Crippen LogP contribution in [0, 0.1) is 0 Å². The molecule has 0 unspecified atom stereocenters. The minimum absolute atomic E-state index is 0.00526. The molecule has 0 aliphatic heterocycles. The van der Waals surface area contributed by atoms with Crippen LogP contribution in [-0.4, -0.2) is 27.6 Å². The van der Waals surface area contributed by atoms with Gasteiger partial charge in [0.2, 0.25) is 0 Å². The van der Waals surface area contributed by atoms with Crippen molar-refractivity contribution in [1.29, 1.82) is 0 Å². The number of aromatic nitrogens is 2. The van der Waals surface area contributed by atoms with E-state index in [9.17, 15) is 9.59 Å². The molecule has 0 saturated heterocycles. The zero-order valence-electron chi connectivity index (χ0n) is 15.9. The van der Waals surface area contributed by atoms with Crippen LogP contribution in [0.4, 0.5) is 0 Å². The van der Waals surface area contributed by atoms with Gasteiger partial charge in [0.25, 0.3) is 5.56 Å². The summed E-state index contributed by atoms with van der Waals surface area (Å²) in [6, 6.07) is 7.15. The summed E-state index contributed by atoms with van der Waals surface area (Å²) in [7, 11) is 0. The van der Waals surface area contributed by atoms with Crippen LogP contribution < -0.4 is 10.3 Å². The van der Waals surface area contributed by atoms with Crippen molar-refractivity contribution in [2.45, 2.75) is 50.8 Å². The van der Waals surface area contributed by atoms with Gasteiger partial charge in [0.15, 0.2) is 10.9 Å². The molecule has 1 aliphatic carbocycles. The number of thioether (sulfide) groups is 1. The molecule has 1 aromatic carbocycles. The normalized spacial score (nSPS) is 13.7. The fourth-order valence-electron chi connectivity index (χ4n) is 3.42. The van der Waals surface area contributed by atoms with E-state index in [0.717, 1.165) is 35.2 Å². The van der Waals surface area contributed by atoms with Gasteiger partial charge in [-0.25, -0.2) is 4.98 Å². The molecule has 1 aliphatic rings. The topological polar surface area (TPSA) is 72.0 Å². The van der Waals surface area contributed by atoms with Crippen LogP contribution >= 0.6 is 23.1 Å². The van der Waals surface area contributed by atoms with Crippen molar-refractivity contribution in [2.24, 2.45) is 0 Å². The standard InChI is InChI=1S/C21H22N2O3S2/c1-12(2)26-14-9-7-13(8-10-14)16(24)11-27-21-22-19(25)18-15-5-3-4-6-17(15)28-20(18)23-21/h7-10,12H,3-6,11H2,1-2H3,(H,22,23,25). The minimum atomic E-state index is -0.0884. The lowest BCUT2D eigenvalue weighted by Gasteiger charge is -2.10. The van der Waals surface area contributed by atoms with Crippen LogP contribution in [-0.2, 0) is 12.8 Å². The zero-order chi connectivity index (χ0) is 19.7. The third-order valence-corrected chi connectivity index (χ3v) is 6.75. The highest BCUT2D eigenvalue weighted by Crippen LogP contribution is 2.34. The largest absolute Gasteiger partial charge is 0.491 e. The number of nitrogens with zero attached hydrogens (tertiary/aromatic N) is 1. The molecule has 2 heterocycles. The molecule has 2 aromatic heterocycles. The highest BCUT2D eigenvalue weighted by Gasteiger charge is 2.20. The fourth-order valence-corrected chi connectivity index (χ4v) is 5.50. The molecule has 0 atom stereocenters. The average Bonchev–Trinajstić information content (AvgIpc) is 3.05. The van der Waals surface area contributed by atoms with E-state index in [-0.39, 0.29) is 23.2 Å². The number of aromatic amines is 1. The number of rotatable bonds is 6. The quantitative estimate of drug-likeness (QED) is 0.362. The predicted octanol–water partition coefficient (Wildman–Crippen LogP) is 4.63. The number of nitrogens with one attached hydrogen (secondary N) is 1. The van der Waals surface area contributed by atoms with Gasteiger partial charge in [0.1, 0.15) is 10.6 Å². The number of carbonyl (C=O) groups is 1. The number of carbonyl (C=O) groups excluding carboxylic acids is 1. The summed E-state index contributed by atoms with van der Waals surface area (Å²) in [6.45, 7) is 3.93. The zero-order valence-corrected chi connectivity index (χ0v) is 17.5. The van der Waals surface area contributed by atoms with Crippen molar-refractivity contribution in [3.63, 3.8) is 0 Å². The second kappa shape index (κ2) is 8.09. The molecule has 0 fully saturated rings. The molecule has 7 heteroatoms. The molecule has 1 N–H and O–H groups in total. The Balaban J connectivity index is 1.48. The van der Waals surface area contributed by atoms with Crippen LogP contribution in [0.1, 0.15) is 47.5 Å². The lowest BCUT2D eigenvalue weighted by molar-refractivity contribution is 0.102. The van der Waals surface area contributed by atoms with Gasteiger partial charge in [-0.05, 0) is 69.4 Å². The van der Waals surface area contributed by atoms with Crippen molar-refractivity contribution in [3.8, 4) is 5.75 Å². The van der Waals surface area contributed by atoms with E-state index in [1.54, 1.807) is 35.6 Å². The second-order valence-electron chi connectivity index (χ2n) is 7.16. The molecule has 3 aromatic rings. The Morgan fingerprint density at radius 1 is 1.25 bits per heavy atom. The number of ketones is 1. The maximum absolute atomic E-state index is 12.6. The number of fused-ring (bicyclic) bond motifs is 3. The molecule has 5 nitrogen and oxygen atoms in total. The van der Waals surface area contributed by atoms with E-state index in [0.29, 0.717) is 10.7 Å². The Morgan fingerprint density at radius 3 is 2.75 bits per heavy atom. The molecule has 28 heavy (non-hydrogen) atoms. The summed E-state index contributed by atoms with van der Waals surface area (Å²) in [5.74, 6) is 0.968. The number of H-pyrrole nitrogens is 1. The van der Waals surface area contributed by atoms with Crippen molar-refractivity contribution < 1.29 is 9.53 Å². The first kappa shape index (κ1) is 19.2. The van der Waals surface area contributed by atoms with E-state index >= 15 is 0 Å². The van der Waals surface area contributed by atoms with E-state index < -0.39 is 0 Å². The van der Waals surface area contributed by atoms with Gasteiger partial charge in [0.05, 0.1) is 17.2 Å². The van der Waals surface area contributed by atoms with Gasteiger partial charge in [-0.1, -0.05) is 11.8 Å². The first-order valence-electron chi connectivity index (χ1n) is 9.48. The number of ether oxygens (including phenoxy) is 1. The third-order valence-electron chi connectivity index (χ3n) is 4.69. The third kappa shape index (κ3) is 4.00.